The van der Waals surface area contributed by atoms with Crippen LogP contribution in [0.1, 0.15) is 217 Å². The summed E-state index contributed by atoms with van der Waals surface area (Å²) in [4.78, 5) is 113. The molecule has 6 fully saturated rings. The maximum Gasteiger partial charge on any atom is 0.330 e. The number of thiol groups is 1. The maximum absolute atomic E-state index is 14.6. The Morgan fingerprint density at radius 3 is 1.19 bits per heavy atom. The molecule has 6 rings (SSSR count). The van der Waals surface area contributed by atoms with Crippen molar-refractivity contribution in [2.45, 2.75) is 410 Å². The van der Waals surface area contributed by atoms with Crippen LogP contribution in [0.3, 0.4) is 0 Å². The standard InChI is InChI=1S/C49H87N3O17S2.C43H79N3O14S/c1-17-36-49(12,62)40(55)30(7)52(15)22-25(2)20-47(10,61)42(28(5)38(29(6)44(59)66-36)67-37-21-48(11,63-16)41(56)31(8)65-37)69-46-39(35(51(13)14)19-27(4)64-46)68-45(60)34(50-32(9)54)24-71-70-23-33(43(57)58)18-26(3)53;1-16-31-43(11,53)35(48)26(6)46(14)20-22(2)18-41(9,52)37(24(4)33(25(5)38(50)57-31)58-32-19-42(10,54-15)36(49)27(7)56-32)60-40-34(30(45(12)13)17-23(3)55-40)59-39(51)29(21-61)44-28(8)47/h25,27-31,33-42,46,55-56,61-62H,17-24H2,1-16H3,(H,50,54)(H,57,58);22-27,29-37,40,48-49,52-53,61H,16-21H2,1-15H3,(H,44,47)/t25-,27-,28+,29-,30-,31+,33+,34+,35+,36-,37+,38+,39-,40-,41+,42-,46+,47-,48-,49-;22-,23-,24+,25-,26-,27+,29+,30+,31-,32+,33+,34-,35-,36+,37-,40+,41-,42-,43-/m11/s1. The monoisotopic (exact) mass is 1950 g/mol. The zero-order chi connectivity index (χ0) is 101. The van der Waals surface area contributed by atoms with Gasteiger partial charge in [-0.2, -0.15) is 12.6 Å². The molecule has 0 bridgehead atoms. The van der Waals surface area contributed by atoms with E-state index in [-0.39, 0.29) is 85.9 Å². The SMILES string of the molecule is CC[C@H]1OC(=O)[C@H](C)[C@@H](O[C@H]2C[C@@](C)(OC)[C@@H](O)[C@H](C)O2)[C@H](C)[C@@H](O[C@@H]2O[C@H](C)C[C@H](N(C)C)[C@H]2OC(=O)[C@H](CS)NC(C)=O)[C@](C)(O)C[C@@H](C)CN(C)[C@H](C)[C@@H](O)[C@]1(C)O.CC[C@H]1OC(=O)[C@H](C)[C@@H](O[C@H]2C[C@@](C)(OC)[C@@H](O)[C@H](C)O2)[C@H](C)[C@@H](O[C@@H]2O[C@H](C)C[C@H](N(C)C)[C@H]2OC(=O)[C@H](CSSC[C@H](CC(C)=O)C(=O)O)NC(C)=O)[C@](C)(O)C[C@@H](C)CN(C)[C@H](C)[C@@H](O)[C@]1(C)O. The number of ketones is 1. The summed E-state index contributed by atoms with van der Waals surface area (Å²) in [6, 6.07) is -4.43. The first kappa shape index (κ1) is 119. The fraction of sp³-hybridized carbons (Fsp3) is 0.913. The van der Waals surface area contributed by atoms with E-state index in [1.807, 2.05) is 82.5 Å². The van der Waals surface area contributed by atoms with Gasteiger partial charge in [0.05, 0.1) is 101 Å². The molecule has 6 saturated heterocycles. The number of cyclic esters (lactones) is 2. The number of carboxylic acid groups (broad SMARTS) is 1. The van der Waals surface area contributed by atoms with Crippen molar-refractivity contribution in [2.75, 3.05) is 86.9 Å². The summed E-state index contributed by atoms with van der Waals surface area (Å²) in [5, 5.41) is 110. The minimum atomic E-state index is -1.89. The molecule has 37 nitrogen and oxygen atoms in total. The van der Waals surface area contributed by atoms with Crippen molar-refractivity contribution in [3.8, 4) is 0 Å². The van der Waals surface area contributed by atoms with Crippen LogP contribution in [0.25, 0.3) is 0 Å². The van der Waals surface area contributed by atoms with Gasteiger partial charge in [-0.05, 0) is 197 Å². The molecule has 2 amide bonds. The lowest BCUT2D eigenvalue weighted by Crippen LogP contribution is -2.61. The fourth-order valence-electron chi connectivity index (χ4n) is 19.8. The van der Waals surface area contributed by atoms with E-state index in [9.17, 15) is 84.3 Å². The minimum Gasteiger partial charge on any atom is -0.481 e. The first-order valence-corrected chi connectivity index (χ1v) is 49.7. The van der Waals surface area contributed by atoms with Crippen molar-refractivity contribution in [3.05, 3.63) is 0 Å². The normalized spacial score (nSPS) is 42.1. The molecule has 39 atom stereocenters. The van der Waals surface area contributed by atoms with E-state index >= 15 is 0 Å². The molecule has 0 aromatic heterocycles. The van der Waals surface area contributed by atoms with Gasteiger partial charge in [0.2, 0.25) is 11.8 Å². The van der Waals surface area contributed by atoms with Crippen LogP contribution >= 0.6 is 34.2 Å². The van der Waals surface area contributed by atoms with E-state index in [4.69, 9.17) is 66.3 Å². The third kappa shape index (κ3) is 31.3. The second-order valence-electron chi connectivity index (χ2n) is 40.4. The summed E-state index contributed by atoms with van der Waals surface area (Å²) >= 11 is 4.28. The second kappa shape index (κ2) is 51.0. The quantitative estimate of drug-likeness (QED) is 0.0156. The lowest BCUT2D eigenvalue weighted by molar-refractivity contribution is -0.319. The fourth-order valence-corrected chi connectivity index (χ4v) is 22.5. The molecule has 0 spiro atoms. The molecule has 6 heterocycles. The number of carbonyl (C=O) groups is 8. The number of carboxylic acids is 1. The summed E-state index contributed by atoms with van der Waals surface area (Å²) in [7, 11) is 16.2. The predicted molar refractivity (Wildman–Crippen MR) is 497 cm³/mol. The largest absolute Gasteiger partial charge is 0.481 e. The number of esters is 4. The molecule has 6 aliphatic rings. The second-order valence-corrected chi connectivity index (χ2v) is 43.3. The van der Waals surface area contributed by atoms with Crippen LogP contribution < -0.4 is 10.6 Å². The predicted octanol–water partition coefficient (Wildman–Crippen LogP) is 4.90. The van der Waals surface area contributed by atoms with Gasteiger partial charge in [0.25, 0.3) is 0 Å². The number of nitrogens with one attached hydrogen (secondary N) is 2. The number of aliphatic hydroxyl groups excluding tert-OH is 4. The van der Waals surface area contributed by atoms with Gasteiger partial charge in [-0.1, -0.05) is 63.1 Å². The van der Waals surface area contributed by atoms with Crippen LogP contribution in [-0.4, -0.2) is 393 Å². The van der Waals surface area contributed by atoms with E-state index in [1.165, 1.54) is 48.8 Å². The summed E-state index contributed by atoms with van der Waals surface area (Å²) in [6.45, 7) is 39.0. The molecule has 40 heteroatoms. The topological polar surface area (TPSA) is 485 Å². The van der Waals surface area contributed by atoms with Crippen LogP contribution in [0.15, 0.2) is 0 Å². The third-order valence-corrected chi connectivity index (χ3v) is 30.7. The average Bonchev–Trinajstić information content (AvgIpc) is 1.06. The number of nitrogens with zero attached hydrogens (tertiary/aromatic N) is 4. The average molecular weight is 1950 g/mol. The Hall–Kier alpha value is -3.87. The van der Waals surface area contributed by atoms with Crippen LogP contribution in [0, 0.1) is 41.4 Å². The van der Waals surface area contributed by atoms with E-state index in [0.717, 1.165) is 21.6 Å². The number of hydrogen-bond donors (Lipinski definition) is 12. The number of hydrogen-bond acceptors (Lipinski definition) is 37. The van der Waals surface area contributed by atoms with Crippen molar-refractivity contribution in [1.29, 1.82) is 0 Å². The summed E-state index contributed by atoms with van der Waals surface area (Å²) in [5.41, 5.74) is -9.38. The van der Waals surface area contributed by atoms with Crippen molar-refractivity contribution in [1.82, 2.24) is 30.2 Å². The molecular formula is C92H166N6O31S3. The lowest BCUT2D eigenvalue weighted by atomic mass is 9.77. The molecule has 0 saturated carbocycles. The molecule has 11 N–H and O–H groups in total. The zero-order valence-electron chi connectivity index (χ0n) is 84.0. The van der Waals surface area contributed by atoms with E-state index in [2.05, 4.69) is 23.3 Å². The molecule has 0 radical (unpaired) electrons. The van der Waals surface area contributed by atoms with Gasteiger partial charge in [0.1, 0.15) is 65.7 Å². The van der Waals surface area contributed by atoms with Crippen molar-refractivity contribution >= 4 is 81.7 Å². The number of methoxy groups -OCH3 is 2. The number of amides is 2. The van der Waals surface area contributed by atoms with Crippen LogP contribution in [0.2, 0.25) is 0 Å². The Morgan fingerprint density at radius 1 is 0.523 bits per heavy atom. The Bertz CT molecular complexity index is 3660. The number of ether oxygens (including phenoxy) is 14. The minimum absolute atomic E-state index is 0.0176. The van der Waals surface area contributed by atoms with Gasteiger partial charge < -0.3 is 147 Å². The summed E-state index contributed by atoms with van der Waals surface area (Å²) < 4.78 is 89.3. The van der Waals surface area contributed by atoms with E-state index < -0.39 is 258 Å². The highest BCUT2D eigenvalue weighted by Gasteiger charge is 2.58. The molecular weight excluding hydrogens is 1780 g/mol. The van der Waals surface area contributed by atoms with Gasteiger partial charge in [0, 0.05) is 102 Å². The Labute approximate surface area is 796 Å². The third-order valence-electron chi connectivity index (χ3n) is 27.8. The Morgan fingerprint density at radius 2 is 0.871 bits per heavy atom. The van der Waals surface area contributed by atoms with Gasteiger partial charge in [0.15, 0.2) is 37.4 Å². The molecule has 0 aromatic carbocycles. The summed E-state index contributed by atoms with van der Waals surface area (Å²) in [5.74, 6) is -10.9. The van der Waals surface area contributed by atoms with Crippen molar-refractivity contribution in [2.24, 2.45) is 41.4 Å². The van der Waals surface area contributed by atoms with Crippen LogP contribution in [-0.2, 0) is 105 Å². The summed E-state index contributed by atoms with van der Waals surface area (Å²) in [6.07, 6.45) is -19.6. The van der Waals surface area contributed by atoms with Gasteiger partial charge >= 0.3 is 29.8 Å². The van der Waals surface area contributed by atoms with Gasteiger partial charge in [-0.15, -0.1) is 0 Å². The molecule has 0 aliphatic carbocycles. The molecule has 0 unspecified atom stereocenters. The number of rotatable bonds is 29. The van der Waals surface area contributed by atoms with Crippen molar-refractivity contribution < 1.29 is 151 Å². The molecule has 0 aromatic rings. The highest BCUT2D eigenvalue weighted by Crippen LogP contribution is 2.45. The highest BCUT2D eigenvalue weighted by molar-refractivity contribution is 8.76. The van der Waals surface area contributed by atoms with Crippen LogP contribution in [0.4, 0.5) is 0 Å². The maximum atomic E-state index is 14.6. The smallest absolute Gasteiger partial charge is 0.330 e. The lowest BCUT2D eigenvalue weighted by Gasteiger charge is -2.49. The van der Waals surface area contributed by atoms with E-state index in [1.54, 1.807) is 104 Å². The van der Waals surface area contributed by atoms with E-state index in [0.29, 0.717) is 25.9 Å². The van der Waals surface area contributed by atoms with Gasteiger partial charge in [-0.3, -0.25) is 24.0 Å². The molecule has 6 aliphatic heterocycles. The molecule has 768 valence electrons. The molecule has 132 heavy (non-hydrogen) atoms. The Kier molecular flexibility index (Phi) is 45.8. The van der Waals surface area contributed by atoms with Gasteiger partial charge in [-0.25, -0.2) is 9.59 Å². The number of carbonyl (C=O) groups excluding carboxylic acids is 7. The number of aliphatic hydroxyl groups is 8. The zero-order valence-corrected chi connectivity index (χ0v) is 86.5. The first-order chi connectivity index (χ1) is 61.0. The number of Topliss-reactive ketones (excluding diaryl/α,β-unsaturated/α-hetero) is 1. The first-order valence-electron chi connectivity index (χ1n) is 46.6. The highest BCUT2D eigenvalue weighted by atomic mass is 33.1. The number of aliphatic carboxylic acids is 1. The number of likely N-dealkylation sites (N-methyl/N-ethyl adjacent to an activating group) is 4. The Balaban J connectivity index is 0.000000472. The van der Waals surface area contributed by atoms with Crippen LogP contribution in [0.5, 0.6) is 0 Å². The van der Waals surface area contributed by atoms with Crippen molar-refractivity contribution in [3.63, 3.8) is 0 Å².